The predicted molar refractivity (Wildman–Crippen MR) is 64.8 cm³/mol. The van der Waals surface area contributed by atoms with Crippen molar-refractivity contribution < 1.29 is 13.2 Å². The molecular weight excluding hydrogens is 281 g/mol. The smallest absolute Gasteiger partial charge is 0.378 e. The van der Waals surface area contributed by atoms with Crippen LogP contribution in [0.2, 0.25) is 5.02 Å². The number of halogens is 4. The maximum atomic E-state index is 12.7. The van der Waals surface area contributed by atoms with E-state index >= 15 is 0 Å². The highest BCUT2D eigenvalue weighted by Crippen LogP contribution is 2.36. The van der Waals surface area contributed by atoms with Crippen LogP contribution in [0.1, 0.15) is 11.4 Å². The van der Waals surface area contributed by atoms with Crippen LogP contribution in [0.3, 0.4) is 0 Å². The Balaban J connectivity index is 2.16. The number of benzene rings is 1. The molecule has 1 aromatic heterocycles. The van der Waals surface area contributed by atoms with Crippen molar-refractivity contribution in [1.29, 1.82) is 0 Å². The van der Waals surface area contributed by atoms with Crippen LogP contribution >= 0.6 is 11.6 Å². The number of hydrogen-bond acceptors (Lipinski definition) is 3. The summed E-state index contributed by atoms with van der Waals surface area (Å²) < 4.78 is 39.5. The number of nitrogens with zero attached hydrogens (tertiary/aromatic N) is 3. The molecule has 1 N–H and O–H groups in total. The maximum absolute atomic E-state index is 12.7. The van der Waals surface area contributed by atoms with Gasteiger partial charge in [0.25, 0.3) is 0 Å². The van der Waals surface area contributed by atoms with Gasteiger partial charge in [-0.2, -0.15) is 18.3 Å². The van der Waals surface area contributed by atoms with Gasteiger partial charge in [0.2, 0.25) is 0 Å². The molecule has 0 saturated carbocycles. The van der Waals surface area contributed by atoms with Crippen LogP contribution in [0.4, 0.5) is 18.9 Å². The van der Waals surface area contributed by atoms with E-state index in [0.29, 0.717) is 11.5 Å². The molecule has 0 spiro atoms. The second-order valence-electron chi connectivity index (χ2n) is 3.85. The molecule has 19 heavy (non-hydrogen) atoms. The zero-order valence-electron chi connectivity index (χ0n) is 9.87. The zero-order valence-corrected chi connectivity index (χ0v) is 10.6. The van der Waals surface area contributed by atoms with Crippen molar-refractivity contribution in [2.45, 2.75) is 12.7 Å². The molecule has 102 valence electrons. The van der Waals surface area contributed by atoms with Crippen LogP contribution in [0.5, 0.6) is 0 Å². The summed E-state index contributed by atoms with van der Waals surface area (Å²) in [5.74, 6) is 0.614. The summed E-state index contributed by atoms with van der Waals surface area (Å²) in [5.41, 5.74) is -0.545. The molecule has 1 heterocycles. The number of rotatable bonds is 3. The van der Waals surface area contributed by atoms with Gasteiger partial charge >= 0.3 is 6.18 Å². The van der Waals surface area contributed by atoms with Crippen LogP contribution < -0.4 is 5.32 Å². The van der Waals surface area contributed by atoms with Gasteiger partial charge in [-0.05, 0) is 18.2 Å². The minimum absolute atomic E-state index is 0.273. The molecule has 0 fully saturated rings. The van der Waals surface area contributed by atoms with E-state index in [-0.39, 0.29) is 11.6 Å². The fourth-order valence-electron chi connectivity index (χ4n) is 1.51. The van der Waals surface area contributed by atoms with E-state index in [4.69, 9.17) is 11.6 Å². The molecule has 1 aromatic carbocycles. The van der Waals surface area contributed by atoms with Crippen molar-refractivity contribution in [1.82, 2.24) is 14.8 Å². The maximum Gasteiger partial charge on any atom is 0.417 e. The first-order valence-electron chi connectivity index (χ1n) is 5.31. The molecule has 0 unspecified atom stereocenters. The lowest BCUT2D eigenvalue weighted by Gasteiger charge is -2.12. The van der Waals surface area contributed by atoms with Crippen molar-refractivity contribution >= 4 is 17.3 Å². The largest absolute Gasteiger partial charge is 0.417 e. The first-order valence-corrected chi connectivity index (χ1v) is 5.69. The summed E-state index contributed by atoms with van der Waals surface area (Å²) in [6.45, 7) is 0.273. The van der Waals surface area contributed by atoms with Crippen LogP contribution in [-0.2, 0) is 19.8 Å². The van der Waals surface area contributed by atoms with E-state index in [1.165, 1.54) is 23.1 Å². The van der Waals surface area contributed by atoms with E-state index in [0.717, 1.165) is 6.07 Å². The molecular formula is C11H10ClF3N4. The summed E-state index contributed by atoms with van der Waals surface area (Å²) in [5, 5.41) is 6.39. The highest BCUT2D eigenvalue weighted by Gasteiger charge is 2.33. The average Bonchev–Trinajstić information content (AvgIpc) is 2.72. The Bertz CT molecular complexity index is 580. The van der Waals surface area contributed by atoms with Gasteiger partial charge in [-0.15, -0.1) is 0 Å². The van der Waals surface area contributed by atoms with Crippen molar-refractivity contribution in [2.24, 2.45) is 7.05 Å². The SMILES string of the molecule is Cn1ncnc1CNc1ccc(Cl)c(C(F)(F)F)c1. The van der Waals surface area contributed by atoms with Gasteiger partial charge in [-0.25, -0.2) is 4.98 Å². The molecule has 2 aromatic rings. The summed E-state index contributed by atoms with van der Waals surface area (Å²) in [6, 6.07) is 3.66. The number of aromatic nitrogens is 3. The third-order valence-corrected chi connectivity index (χ3v) is 2.86. The minimum Gasteiger partial charge on any atom is -0.378 e. The number of anilines is 1. The van der Waals surface area contributed by atoms with Gasteiger partial charge < -0.3 is 5.32 Å². The molecule has 0 aliphatic rings. The highest BCUT2D eigenvalue weighted by atomic mass is 35.5. The van der Waals surface area contributed by atoms with E-state index in [1.54, 1.807) is 7.05 Å². The highest BCUT2D eigenvalue weighted by molar-refractivity contribution is 6.31. The second-order valence-corrected chi connectivity index (χ2v) is 4.25. The summed E-state index contributed by atoms with van der Waals surface area (Å²) >= 11 is 5.53. The van der Waals surface area contributed by atoms with Crippen LogP contribution in [-0.4, -0.2) is 14.8 Å². The molecule has 0 bridgehead atoms. The van der Waals surface area contributed by atoms with Gasteiger partial charge in [0.15, 0.2) is 0 Å². The summed E-state index contributed by atoms with van der Waals surface area (Å²) in [4.78, 5) is 3.96. The third-order valence-electron chi connectivity index (χ3n) is 2.53. The van der Waals surface area contributed by atoms with Crippen molar-refractivity contribution in [3.05, 3.63) is 40.9 Å². The van der Waals surface area contributed by atoms with Crippen LogP contribution in [0.15, 0.2) is 24.5 Å². The van der Waals surface area contributed by atoms with Gasteiger partial charge in [0.05, 0.1) is 17.1 Å². The van der Waals surface area contributed by atoms with E-state index in [9.17, 15) is 13.2 Å². The van der Waals surface area contributed by atoms with Gasteiger partial charge in [0.1, 0.15) is 12.2 Å². The lowest BCUT2D eigenvalue weighted by Crippen LogP contribution is -2.09. The fraction of sp³-hybridized carbons (Fsp3) is 0.273. The predicted octanol–water partition coefficient (Wildman–Crippen LogP) is 3.10. The first kappa shape index (κ1) is 13.7. The molecule has 8 heteroatoms. The molecule has 2 rings (SSSR count). The van der Waals surface area contributed by atoms with E-state index in [2.05, 4.69) is 15.4 Å². The average molecular weight is 291 g/mol. The third kappa shape index (κ3) is 3.17. The molecule has 0 radical (unpaired) electrons. The fourth-order valence-corrected chi connectivity index (χ4v) is 1.74. The molecule has 0 aliphatic heterocycles. The number of alkyl halides is 3. The van der Waals surface area contributed by atoms with Crippen LogP contribution in [0, 0.1) is 0 Å². The zero-order chi connectivity index (χ0) is 14.0. The Kier molecular flexibility index (Phi) is 3.66. The number of aryl methyl sites for hydroxylation is 1. The van der Waals surface area contributed by atoms with Gasteiger partial charge in [0, 0.05) is 12.7 Å². The molecule has 0 aliphatic carbocycles. The minimum atomic E-state index is -4.47. The second kappa shape index (κ2) is 5.08. The van der Waals surface area contributed by atoms with Crippen molar-refractivity contribution in [3.63, 3.8) is 0 Å². The van der Waals surface area contributed by atoms with Gasteiger partial charge in [-0.3, -0.25) is 4.68 Å². The number of hydrogen-bond donors (Lipinski definition) is 1. The molecule has 4 nitrogen and oxygen atoms in total. The van der Waals surface area contributed by atoms with Crippen molar-refractivity contribution in [2.75, 3.05) is 5.32 Å². The monoisotopic (exact) mass is 290 g/mol. The quantitative estimate of drug-likeness (QED) is 0.944. The van der Waals surface area contributed by atoms with Gasteiger partial charge in [-0.1, -0.05) is 11.6 Å². The summed E-state index contributed by atoms with van der Waals surface area (Å²) in [6.07, 6.45) is -3.10. The molecule has 0 atom stereocenters. The Labute approximate surface area is 112 Å². The Morgan fingerprint density at radius 2 is 2.11 bits per heavy atom. The lowest BCUT2D eigenvalue weighted by molar-refractivity contribution is -0.137. The first-order chi connectivity index (χ1) is 8.88. The summed E-state index contributed by atoms with van der Waals surface area (Å²) in [7, 11) is 1.70. The van der Waals surface area contributed by atoms with E-state index < -0.39 is 11.7 Å². The van der Waals surface area contributed by atoms with Crippen molar-refractivity contribution in [3.8, 4) is 0 Å². The molecule has 0 amide bonds. The number of nitrogens with one attached hydrogen (secondary N) is 1. The van der Waals surface area contributed by atoms with Crippen LogP contribution in [0.25, 0.3) is 0 Å². The topological polar surface area (TPSA) is 42.7 Å². The Morgan fingerprint density at radius 3 is 2.68 bits per heavy atom. The lowest BCUT2D eigenvalue weighted by atomic mass is 10.2. The van der Waals surface area contributed by atoms with E-state index in [1.807, 2.05) is 0 Å². The Hall–Kier alpha value is -1.76. The standard InChI is InChI=1S/C11H10ClF3N4/c1-19-10(17-6-18-19)5-16-7-2-3-9(12)8(4-7)11(13,14)15/h2-4,6,16H,5H2,1H3. The molecule has 0 saturated heterocycles. The normalized spacial score (nSPS) is 11.6. The Morgan fingerprint density at radius 1 is 1.37 bits per heavy atom.